The first-order valence-electron chi connectivity index (χ1n) is 17.5. The molecule has 3 heterocycles. The highest BCUT2D eigenvalue weighted by Gasteiger charge is 2.37. The molecule has 0 aromatic heterocycles. The van der Waals surface area contributed by atoms with Crippen LogP contribution >= 0.6 is 0 Å². The second-order valence-corrected chi connectivity index (χ2v) is 17.8. The van der Waals surface area contributed by atoms with E-state index in [0.717, 1.165) is 5.56 Å². The minimum atomic E-state index is -4.41. The first kappa shape index (κ1) is 39.9. The number of aryl methyl sites for hydroxylation is 1. The summed E-state index contributed by atoms with van der Waals surface area (Å²) >= 11 is 0. The molecular formula is C40H49N2O9S2+. The number of rotatable bonds is 7. The number of carbonyl (C=O) groups is 1. The summed E-state index contributed by atoms with van der Waals surface area (Å²) in [4.78, 5) is 15.4. The van der Waals surface area contributed by atoms with Crippen LogP contribution in [0.2, 0.25) is 0 Å². The van der Waals surface area contributed by atoms with Gasteiger partial charge in [-0.15, -0.1) is 0 Å². The first-order valence-corrected chi connectivity index (χ1v) is 20.7. The molecule has 53 heavy (non-hydrogen) atoms. The number of ether oxygens (including phenoxy) is 2. The number of esters is 1. The largest absolute Gasteiger partial charge is 0.465 e. The fourth-order valence-corrected chi connectivity index (χ4v) is 8.35. The number of nitrogens with zero attached hydrogens (tertiary/aromatic N) is 2. The van der Waals surface area contributed by atoms with Gasteiger partial charge in [-0.3, -0.25) is 9.11 Å². The highest BCUT2D eigenvalue weighted by molar-refractivity contribution is 7.86. The van der Waals surface area contributed by atoms with Crippen LogP contribution < -0.4 is 24.8 Å². The van der Waals surface area contributed by atoms with Crippen LogP contribution in [-0.2, 0) is 31.4 Å². The zero-order chi connectivity index (χ0) is 39.4. The Balaban J connectivity index is 0.00000175. The lowest BCUT2D eigenvalue weighted by Gasteiger charge is -2.41. The molecule has 0 fully saturated rings. The monoisotopic (exact) mass is 765 g/mol. The Kier molecular flexibility index (Phi) is 10.7. The Hall–Kier alpha value is -4.30. The van der Waals surface area contributed by atoms with Crippen molar-refractivity contribution in [3.05, 3.63) is 98.6 Å². The van der Waals surface area contributed by atoms with E-state index < -0.39 is 48.8 Å². The maximum Gasteiger partial charge on any atom is 0.338 e. The summed E-state index contributed by atoms with van der Waals surface area (Å²) in [6.07, 6.45) is 5.53. The first-order chi connectivity index (χ1) is 24.6. The lowest BCUT2D eigenvalue weighted by molar-refractivity contribution is 0.0600. The smallest absolute Gasteiger partial charge is 0.338 e. The molecule has 3 aromatic carbocycles. The number of hydrogen-bond acceptors (Lipinski definition) is 8. The zero-order valence-corrected chi connectivity index (χ0v) is 33.6. The van der Waals surface area contributed by atoms with Gasteiger partial charge in [-0.25, -0.2) is 9.37 Å². The quantitative estimate of drug-likeness (QED) is 0.141. The molecule has 11 nitrogen and oxygen atoms in total. The SMILES string of the molecule is CCC.CCc1ccc(C2=c3cc4c(cc3Oc3cc5c(cc32)C(CS(=O)(=O)O)=CC(C)(C)N5C)=[N+](C)C(C)(C)C=C4CS(=O)(=O)O)c(C(=O)OC)c1. The molecule has 0 saturated carbocycles. The van der Waals surface area contributed by atoms with Crippen LogP contribution in [0.25, 0.3) is 16.7 Å². The van der Waals surface area contributed by atoms with E-state index in [-0.39, 0.29) is 0 Å². The van der Waals surface area contributed by atoms with E-state index >= 15 is 0 Å². The summed E-state index contributed by atoms with van der Waals surface area (Å²) in [7, 11) is -3.73. The van der Waals surface area contributed by atoms with Crippen LogP contribution in [0.3, 0.4) is 0 Å². The van der Waals surface area contributed by atoms with Crippen molar-refractivity contribution in [1.29, 1.82) is 0 Å². The number of likely N-dealkylation sites (N-methyl/N-ethyl adjacent to an activating group) is 2. The third-order valence-corrected chi connectivity index (χ3v) is 11.3. The highest BCUT2D eigenvalue weighted by Crippen LogP contribution is 2.46. The van der Waals surface area contributed by atoms with Crippen molar-refractivity contribution in [3.63, 3.8) is 0 Å². The van der Waals surface area contributed by atoms with Crippen molar-refractivity contribution in [2.75, 3.05) is 37.6 Å². The van der Waals surface area contributed by atoms with Gasteiger partial charge in [0.2, 0.25) is 5.36 Å². The number of fused-ring (bicyclic) bond motifs is 4. The molecule has 3 aliphatic rings. The molecule has 2 N–H and O–H groups in total. The minimum absolute atomic E-state index is 0.301. The van der Waals surface area contributed by atoms with Crippen molar-refractivity contribution in [1.82, 2.24) is 4.58 Å². The van der Waals surface area contributed by atoms with Crippen LogP contribution in [-0.4, -0.2) is 75.7 Å². The maximum absolute atomic E-state index is 13.4. The van der Waals surface area contributed by atoms with E-state index in [4.69, 9.17) is 9.47 Å². The van der Waals surface area contributed by atoms with Crippen molar-refractivity contribution in [3.8, 4) is 11.5 Å². The molecular weight excluding hydrogens is 717 g/mol. The predicted octanol–water partition coefficient (Wildman–Crippen LogP) is 5.49. The second-order valence-electron chi connectivity index (χ2n) is 14.9. The molecule has 0 unspecified atom stereocenters. The van der Waals surface area contributed by atoms with Crippen molar-refractivity contribution in [2.24, 2.45) is 0 Å². The van der Waals surface area contributed by atoms with Gasteiger partial charge >= 0.3 is 5.97 Å². The van der Waals surface area contributed by atoms with Gasteiger partial charge in [0, 0.05) is 54.6 Å². The summed E-state index contributed by atoms with van der Waals surface area (Å²) in [5.41, 5.74) is 4.23. The average molecular weight is 766 g/mol. The van der Waals surface area contributed by atoms with Gasteiger partial charge in [0.1, 0.15) is 30.1 Å². The van der Waals surface area contributed by atoms with E-state index in [1.807, 2.05) is 107 Å². The Labute approximate surface area is 312 Å². The predicted molar refractivity (Wildman–Crippen MR) is 209 cm³/mol. The normalized spacial score (nSPS) is 16.8. The number of hydrogen-bond donors (Lipinski definition) is 2. The third kappa shape index (κ3) is 7.84. The average Bonchev–Trinajstić information content (AvgIpc) is 3.05. The zero-order valence-electron chi connectivity index (χ0n) is 32.0. The molecule has 284 valence electrons. The number of anilines is 1. The van der Waals surface area contributed by atoms with Gasteiger partial charge in [-0.1, -0.05) is 45.4 Å². The van der Waals surface area contributed by atoms with Gasteiger partial charge < -0.3 is 14.4 Å². The number of carbonyl (C=O) groups excluding carboxylic acids is 1. The molecule has 0 radical (unpaired) electrons. The van der Waals surface area contributed by atoms with Gasteiger partial charge in [0.05, 0.1) is 29.8 Å². The van der Waals surface area contributed by atoms with Crippen LogP contribution in [0.15, 0.2) is 54.6 Å². The highest BCUT2D eigenvalue weighted by atomic mass is 32.2. The van der Waals surface area contributed by atoms with E-state index in [1.165, 1.54) is 13.5 Å². The van der Waals surface area contributed by atoms with E-state index in [0.29, 0.717) is 78.7 Å². The van der Waals surface area contributed by atoms with E-state index in [9.17, 15) is 30.7 Å². The summed E-state index contributed by atoms with van der Waals surface area (Å²) in [6, 6.07) is 12.8. The molecule has 0 spiro atoms. The van der Waals surface area contributed by atoms with Crippen molar-refractivity contribution < 1.29 is 40.2 Å². The maximum atomic E-state index is 13.4. The van der Waals surface area contributed by atoms with Crippen LogP contribution in [0.1, 0.15) is 93.1 Å². The number of benzene rings is 3. The summed E-state index contributed by atoms with van der Waals surface area (Å²) < 4.78 is 82.8. The summed E-state index contributed by atoms with van der Waals surface area (Å²) in [5, 5.41) is 1.23. The fraction of sp³-hybridized carbons (Fsp3) is 0.400. The number of methoxy groups -OCH3 is 1. The van der Waals surface area contributed by atoms with E-state index in [2.05, 4.69) is 13.8 Å². The second kappa shape index (κ2) is 14.2. The topological polar surface area (TPSA) is 151 Å². The van der Waals surface area contributed by atoms with Crippen molar-refractivity contribution in [2.45, 2.75) is 72.4 Å². The van der Waals surface area contributed by atoms with Crippen molar-refractivity contribution >= 4 is 48.6 Å². The van der Waals surface area contributed by atoms with Crippen LogP contribution in [0.5, 0.6) is 11.5 Å². The standard InChI is InChI=1S/C37H40N2O9S2.C3H8/c1-9-21-10-11-24(27(12-21)35(40)47-8)34-28-13-25-22(19-49(41,42)43)17-36(2,3)38(6)30(25)15-32(28)48-33-16-31-26(14-29(33)34)23(20-50(44,45)46)18-37(4,5)39(31)7;1-3-2/h10-18H,9,19-20H2,1-8H3,(H-,41,42,43,44,45,46);3H2,1-2H3/p+1. The molecule has 13 heteroatoms. The molecule has 0 bridgehead atoms. The van der Waals surface area contributed by atoms with Gasteiger partial charge in [0.15, 0.2) is 5.54 Å². The third-order valence-electron chi connectivity index (χ3n) is 10.00. The Morgan fingerprint density at radius 2 is 1.43 bits per heavy atom. The molecule has 3 aliphatic heterocycles. The summed E-state index contributed by atoms with van der Waals surface area (Å²) in [6.45, 7) is 14.0. The van der Waals surface area contributed by atoms with Crippen LogP contribution in [0.4, 0.5) is 5.69 Å². The molecule has 0 aliphatic carbocycles. The molecule has 0 atom stereocenters. The van der Waals surface area contributed by atoms with Crippen LogP contribution in [0, 0.1) is 0 Å². The lowest BCUT2D eigenvalue weighted by Crippen LogP contribution is -2.47. The van der Waals surface area contributed by atoms with Gasteiger partial charge in [0.25, 0.3) is 20.2 Å². The summed E-state index contributed by atoms with van der Waals surface area (Å²) in [5.74, 6) is -0.885. The molecule has 3 aromatic rings. The van der Waals surface area contributed by atoms with Gasteiger partial charge in [-0.05, 0) is 66.8 Å². The molecule has 6 rings (SSSR count). The fourth-order valence-electron chi connectivity index (χ4n) is 7.08. The van der Waals surface area contributed by atoms with E-state index in [1.54, 1.807) is 6.07 Å². The van der Waals surface area contributed by atoms with Gasteiger partial charge in [-0.2, -0.15) is 16.8 Å². The minimum Gasteiger partial charge on any atom is -0.465 e. The molecule has 0 saturated heterocycles. The Morgan fingerprint density at radius 3 is 2.00 bits per heavy atom. The Bertz CT molecular complexity index is 2440. The molecule has 0 amide bonds. The lowest BCUT2D eigenvalue weighted by atomic mass is 9.83. The Morgan fingerprint density at radius 1 is 0.830 bits per heavy atom.